The second-order valence-corrected chi connectivity index (χ2v) is 6.31. The third kappa shape index (κ3) is 3.51. The van der Waals surface area contributed by atoms with Gasteiger partial charge in [-0.15, -0.1) is 0 Å². The van der Waals surface area contributed by atoms with Crippen LogP contribution in [0.15, 0.2) is 53.0 Å². The lowest BCUT2D eigenvalue weighted by Gasteiger charge is -2.38. The van der Waals surface area contributed by atoms with Gasteiger partial charge in [-0.1, -0.05) is 52.3 Å². The zero-order chi connectivity index (χ0) is 15.5. The number of rotatable bonds is 5. The van der Waals surface area contributed by atoms with Gasteiger partial charge in [0.1, 0.15) is 5.82 Å². The van der Waals surface area contributed by atoms with Gasteiger partial charge in [-0.25, -0.2) is 4.39 Å². The average molecular weight is 352 g/mol. The summed E-state index contributed by atoms with van der Waals surface area (Å²) in [6.45, 7) is 2.34. The Bertz CT molecular complexity index is 605. The lowest BCUT2D eigenvalue weighted by Crippen LogP contribution is -2.44. The fourth-order valence-corrected chi connectivity index (χ4v) is 2.64. The topological polar surface area (TPSA) is 23.5 Å². The van der Waals surface area contributed by atoms with Crippen molar-refractivity contribution in [1.82, 2.24) is 4.90 Å². The summed E-state index contributed by atoms with van der Waals surface area (Å²) in [4.78, 5) is 1.97. The summed E-state index contributed by atoms with van der Waals surface area (Å²) in [5, 5.41) is 9.86. The maximum Gasteiger partial charge on any atom is 0.128 e. The van der Waals surface area contributed by atoms with Gasteiger partial charge in [-0.2, -0.15) is 0 Å². The molecule has 0 aliphatic carbocycles. The first-order valence-electron chi connectivity index (χ1n) is 6.79. The van der Waals surface area contributed by atoms with E-state index in [1.807, 2.05) is 55.3 Å². The van der Waals surface area contributed by atoms with Crippen molar-refractivity contribution in [3.05, 3.63) is 69.9 Å². The molecule has 0 fully saturated rings. The monoisotopic (exact) mass is 351 g/mol. The molecule has 0 unspecified atom stereocenters. The van der Waals surface area contributed by atoms with Gasteiger partial charge < -0.3 is 5.11 Å². The van der Waals surface area contributed by atoms with Crippen LogP contribution in [-0.2, 0) is 12.1 Å². The highest BCUT2D eigenvalue weighted by Gasteiger charge is 2.30. The fraction of sp³-hybridized carbons (Fsp3) is 0.294. The number of benzene rings is 2. The molecule has 0 aliphatic heterocycles. The molecule has 0 bridgehead atoms. The third-order valence-corrected chi connectivity index (χ3v) is 4.46. The summed E-state index contributed by atoms with van der Waals surface area (Å²) in [6.07, 6.45) is 0. The van der Waals surface area contributed by atoms with Crippen LogP contribution in [0.5, 0.6) is 0 Å². The van der Waals surface area contributed by atoms with Crippen molar-refractivity contribution in [2.45, 2.75) is 19.0 Å². The van der Waals surface area contributed by atoms with E-state index < -0.39 is 5.54 Å². The lowest BCUT2D eigenvalue weighted by atomic mass is 9.91. The first kappa shape index (κ1) is 16.1. The molecule has 0 saturated carbocycles. The summed E-state index contributed by atoms with van der Waals surface area (Å²) < 4.78 is 14.7. The second kappa shape index (κ2) is 6.69. The number of likely N-dealkylation sites (N-methyl/N-ethyl adjacent to an activating group) is 1. The van der Waals surface area contributed by atoms with Crippen LogP contribution in [0.4, 0.5) is 4.39 Å². The Morgan fingerprint density at radius 3 is 2.43 bits per heavy atom. The molecule has 0 saturated heterocycles. The molecule has 0 heterocycles. The standard InChI is InChI=1S/C17H19BrFNO/c1-17(12-21,14-6-4-3-5-7-14)20(2)11-13-8-9-15(18)10-16(13)19/h3-10,21H,11-12H2,1-2H3/t17-/m0/s1. The molecule has 0 aliphatic rings. The normalized spacial score (nSPS) is 14.2. The number of aliphatic hydroxyl groups is 1. The minimum Gasteiger partial charge on any atom is -0.394 e. The van der Waals surface area contributed by atoms with Crippen LogP contribution in [0.25, 0.3) is 0 Å². The molecule has 1 N–H and O–H groups in total. The van der Waals surface area contributed by atoms with Crippen molar-refractivity contribution in [2.24, 2.45) is 0 Å². The molecule has 0 spiro atoms. The van der Waals surface area contributed by atoms with Crippen molar-refractivity contribution in [2.75, 3.05) is 13.7 Å². The quantitative estimate of drug-likeness (QED) is 0.882. The summed E-state index contributed by atoms with van der Waals surface area (Å²) in [5.41, 5.74) is 1.06. The molecule has 2 nitrogen and oxygen atoms in total. The first-order valence-corrected chi connectivity index (χ1v) is 7.58. The van der Waals surface area contributed by atoms with E-state index in [-0.39, 0.29) is 12.4 Å². The van der Waals surface area contributed by atoms with Gasteiger partial charge in [-0.05, 0) is 31.7 Å². The molecule has 1 atom stereocenters. The van der Waals surface area contributed by atoms with Gasteiger partial charge in [0.25, 0.3) is 0 Å². The predicted molar refractivity (Wildman–Crippen MR) is 86.4 cm³/mol. The van der Waals surface area contributed by atoms with Crippen LogP contribution in [-0.4, -0.2) is 23.7 Å². The van der Waals surface area contributed by atoms with Crippen LogP contribution in [0.3, 0.4) is 0 Å². The summed E-state index contributed by atoms with van der Waals surface area (Å²) in [5.74, 6) is -0.246. The largest absolute Gasteiger partial charge is 0.394 e. The van der Waals surface area contributed by atoms with Crippen LogP contribution in [0, 0.1) is 5.82 Å². The molecule has 21 heavy (non-hydrogen) atoms. The Morgan fingerprint density at radius 1 is 1.19 bits per heavy atom. The molecule has 0 radical (unpaired) electrons. The van der Waals surface area contributed by atoms with Gasteiger partial charge in [-0.3, -0.25) is 4.90 Å². The zero-order valence-corrected chi connectivity index (χ0v) is 13.8. The van der Waals surface area contributed by atoms with Crippen molar-refractivity contribution in [3.8, 4) is 0 Å². The van der Waals surface area contributed by atoms with E-state index in [4.69, 9.17) is 0 Å². The molecule has 2 aromatic rings. The Hall–Kier alpha value is -1.23. The average Bonchev–Trinajstić information content (AvgIpc) is 2.50. The highest BCUT2D eigenvalue weighted by Crippen LogP contribution is 2.28. The van der Waals surface area contributed by atoms with Crippen LogP contribution < -0.4 is 0 Å². The Morgan fingerprint density at radius 2 is 1.86 bits per heavy atom. The number of hydrogen-bond acceptors (Lipinski definition) is 2. The van der Waals surface area contributed by atoms with E-state index in [9.17, 15) is 9.50 Å². The highest BCUT2D eigenvalue weighted by molar-refractivity contribution is 9.10. The van der Waals surface area contributed by atoms with E-state index in [0.717, 1.165) is 10.0 Å². The molecule has 2 rings (SSSR count). The van der Waals surface area contributed by atoms with Crippen molar-refractivity contribution < 1.29 is 9.50 Å². The van der Waals surface area contributed by atoms with E-state index in [2.05, 4.69) is 15.9 Å². The zero-order valence-electron chi connectivity index (χ0n) is 12.2. The number of aliphatic hydroxyl groups excluding tert-OH is 1. The molecular weight excluding hydrogens is 333 g/mol. The van der Waals surface area contributed by atoms with Gasteiger partial charge in [0.15, 0.2) is 0 Å². The van der Waals surface area contributed by atoms with E-state index in [1.54, 1.807) is 6.07 Å². The van der Waals surface area contributed by atoms with Gasteiger partial charge in [0.05, 0.1) is 12.1 Å². The van der Waals surface area contributed by atoms with Gasteiger partial charge in [0.2, 0.25) is 0 Å². The van der Waals surface area contributed by atoms with Crippen LogP contribution >= 0.6 is 15.9 Å². The van der Waals surface area contributed by atoms with Crippen molar-refractivity contribution in [1.29, 1.82) is 0 Å². The Kier molecular flexibility index (Phi) is 5.14. The minimum absolute atomic E-state index is 0.0361. The SMILES string of the molecule is CN(Cc1ccc(Br)cc1F)[C@@](C)(CO)c1ccccc1. The summed E-state index contributed by atoms with van der Waals surface area (Å²) in [7, 11) is 1.89. The molecular formula is C17H19BrFNO. The number of hydrogen-bond donors (Lipinski definition) is 1. The summed E-state index contributed by atoms with van der Waals surface area (Å²) in [6, 6.07) is 14.8. The third-order valence-electron chi connectivity index (χ3n) is 3.97. The number of halogens is 2. The van der Waals surface area contributed by atoms with Crippen LogP contribution in [0.2, 0.25) is 0 Å². The molecule has 112 valence electrons. The van der Waals surface area contributed by atoms with Gasteiger partial charge >= 0.3 is 0 Å². The van der Waals surface area contributed by atoms with Gasteiger partial charge in [0, 0.05) is 16.6 Å². The second-order valence-electron chi connectivity index (χ2n) is 5.39. The minimum atomic E-state index is -0.555. The summed E-state index contributed by atoms with van der Waals surface area (Å²) >= 11 is 3.26. The van der Waals surface area contributed by atoms with E-state index >= 15 is 0 Å². The maximum atomic E-state index is 14.0. The maximum absolute atomic E-state index is 14.0. The first-order chi connectivity index (χ1) is 9.97. The molecule has 4 heteroatoms. The van der Waals surface area contributed by atoms with Crippen LogP contribution in [0.1, 0.15) is 18.1 Å². The Balaban J connectivity index is 2.26. The van der Waals surface area contributed by atoms with E-state index in [1.165, 1.54) is 6.07 Å². The Labute approximate surface area is 133 Å². The highest BCUT2D eigenvalue weighted by atomic mass is 79.9. The molecule has 2 aromatic carbocycles. The van der Waals surface area contributed by atoms with Crippen molar-refractivity contribution >= 4 is 15.9 Å². The fourth-order valence-electron chi connectivity index (χ4n) is 2.31. The molecule has 0 aromatic heterocycles. The molecule has 0 amide bonds. The number of nitrogens with zero attached hydrogens (tertiary/aromatic N) is 1. The van der Waals surface area contributed by atoms with Crippen molar-refractivity contribution in [3.63, 3.8) is 0 Å². The predicted octanol–water partition coefficient (Wildman–Crippen LogP) is 3.93. The van der Waals surface area contributed by atoms with E-state index in [0.29, 0.717) is 12.1 Å². The lowest BCUT2D eigenvalue weighted by molar-refractivity contribution is 0.0550. The smallest absolute Gasteiger partial charge is 0.128 e.